The lowest BCUT2D eigenvalue weighted by Gasteiger charge is -2.45. The molecule has 3 heteroatoms. The van der Waals surface area contributed by atoms with Crippen molar-refractivity contribution in [2.24, 2.45) is 0 Å². The number of unbranched alkanes of at least 4 members (excludes halogenated alkanes) is 5. The van der Waals surface area contributed by atoms with Crippen LogP contribution >= 0.6 is 0 Å². The van der Waals surface area contributed by atoms with Crippen LogP contribution in [-0.4, -0.2) is 20.7 Å². The van der Waals surface area contributed by atoms with Gasteiger partial charge in [0, 0.05) is 5.56 Å². The highest BCUT2D eigenvalue weighted by Crippen LogP contribution is 2.38. The van der Waals surface area contributed by atoms with Crippen LogP contribution in [0.1, 0.15) is 88.6 Å². The zero-order chi connectivity index (χ0) is 26.6. The second-order valence-electron chi connectivity index (χ2n) is 11.0. The van der Waals surface area contributed by atoms with Crippen LogP contribution in [0.3, 0.4) is 0 Å². The summed E-state index contributed by atoms with van der Waals surface area (Å²) in [6.45, 7) is 9.26. The number of rotatable bonds is 14. The highest BCUT2D eigenvalue weighted by molar-refractivity contribution is 6.99. The monoisotopic (exact) mass is 512 g/mol. The van der Waals surface area contributed by atoms with Gasteiger partial charge in [-0.3, -0.25) is 4.79 Å². The second-order valence-corrected chi connectivity index (χ2v) is 15.3. The summed E-state index contributed by atoms with van der Waals surface area (Å²) in [4.78, 5) is 11.3. The van der Waals surface area contributed by atoms with Crippen molar-refractivity contribution < 1.29 is 9.22 Å². The SMILES string of the molecule is CCCCCCCCC(C=Cc1cccc(C=O)c1)O[Si](c1ccccc1)(c1ccccc1)C(C)(C)C. The fraction of sp³-hybridized carbons (Fsp3) is 0.382. The fourth-order valence-corrected chi connectivity index (χ4v) is 9.86. The fourth-order valence-electron chi connectivity index (χ4n) is 5.19. The molecule has 0 spiro atoms. The Morgan fingerprint density at radius 3 is 1.89 bits per heavy atom. The van der Waals surface area contributed by atoms with Gasteiger partial charge >= 0.3 is 0 Å². The maximum Gasteiger partial charge on any atom is 0.261 e. The molecule has 0 aliphatic carbocycles. The van der Waals surface area contributed by atoms with E-state index in [0.717, 1.165) is 24.7 Å². The lowest BCUT2D eigenvalue weighted by molar-refractivity contribution is 0.112. The molecule has 37 heavy (non-hydrogen) atoms. The van der Waals surface area contributed by atoms with Gasteiger partial charge < -0.3 is 4.43 Å². The quantitative estimate of drug-likeness (QED) is 0.124. The molecule has 0 saturated heterocycles. The Balaban J connectivity index is 1.99. The smallest absolute Gasteiger partial charge is 0.261 e. The van der Waals surface area contributed by atoms with Crippen LogP contribution in [0.4, 0.5) is 0 Å². The maximum atomic E-state index is 11.3. The van der Waals surface area contributed by atoms with Gasteiger partial charge in [0.1, 0.15) is 6.29 Å². The van der Waals surface area contributed by atoms with E-state index in [0.29, 0.717) is 5.56 Å². The van der Waals surface area contributed by atoms with E-state index in [2.05, 4.69) is 101 Å². The Hall–Kier alpha value is -2.75. The van der Waals surface area contributed by atoms with Crippen LogP contribution < -0.4 is 10.4 Å². The zero-order valence-electron chi connectivity index (χ0n) is 23.2. The molecule has 0 aromatic heterocycles. The molecule has 0 bridgehead atoms. The van der Waals surface area contributed by atoms with E-state index in [1.54, 1.807) is 0 Å². The minimum atomic E-state index is -2.66. The van der Waals surface area contributed by atoms with Gasteiger partial charge in [0.2, 0.25) is 0 Å². The van der Waals surface area contributed by atoms with Crippen LogP contribution in [0.15, 0.2) is 91.0 Å². The Kier molecular flexibility index (Phi) is 11.1. The largest absolute Gasteiger partial charge is 0.401 e. The van der Waals surface area contributed by atoms with E-state index in [4.69, 9.17) is 4.43 Å². The summed E-state index contributed by atoms with van der Waals surface area (Å²) in [6.07, 6.45) is 13.8. The average molecular weight is 513 g/mol. The van der Waals surface area contributed by atoms with Gasteiger partial charge in [-0.2, -0.15) is 0 Å². The topological polar surface area (TPSA) is 26.3 Å². The molecule has 0 heterocycles. The second kappa shape index (κ2) is 14.3. The van der Waals surface area contributed by atoms with Crippen LogP contribution in [-0.2, 0) is 4.43 Å². The van der Waals surface area contributed by atoms with Crippen molar-refractivity contribution in [2.75, 3.05) is 0 Å². The van der Waals surface area contributed by atoms with Crippen molar-refractivity contribution in [3.63, 3.8) is 0 Å². The van der Waals surface area contributed by atoms with Gasteiger partial charge in [0.25, 0.3) is 8.32 Å². The standard InChI is InChI=1S/C34H44O2Si/c1-5-6-7-8-9-12-20-31(26-25-29-18-17-19-30(27-29)28-35)36-37(34(2,3)4,32-21-13-10-14-22-32)33-23-15-11-16-24-33/h10-11,13-19,21-28,31H,5-9,12,20H2,1-4H3. The van der Waals surface area contributed by atoms with Crippen LogP contribution in [0.5, 0.6) is 0 Å². The molecule has 196 valence electrons. The molecule has 1 unspecified atom stereocenters. The summed E-state index contributed by atoms with van der Waals surface area (Å²) in [5.41, 5.74) is 1.73. The number of carbonyl (C=O) groups is 1. The van der Waals surface area contributed by atoms with E-state index in [1.807, 2.05) is 24.3 Å². The molecule has 0 aliphatic rings. The van der Waals surface area contributed by atoms with Crippen LogP contribution in [0.2, 0.25) is 5.04 Å². The Morgan fingerprint density at radius 2 is 1.32 bits per heavy atom. The molecule has 3 aromatic rings. The number of hydrogen-bond donors (Lipinski definition) is 0. The summed E-state index contributed by atoms with van der Waals surface area (Å²) in [5.74, 6) is 0. The summed E-state index contributed by atoms with van der Waals surface area (Å²) < 4.78 is 7.46. The molecular weight excluding hydrogens is 468 g/mol. The molecule has 0 aliphatic heterocycles. The molecule has 1 atom stereocenters. The predicted octanol–water partition coefficient (Wildman–Crippen LogP) is 8.21. The first-order chi connectivity index (χ1) is 17.9. The van der Waals surface area contributed by atoms with E-state index in [-0.39, 0.29) is 11.1 Å². The Morgan fingerprint density at radius 1 is 0.757 bits per heavy atom. The normalized spacial score (nSPS) is 13.1. The third-order valence-corrected chi connectivity index (χ3v) is 12.2. The van der Waals surface area contributed by atoms with Crippen LogP contribution in [0.25, 0.3) is 6.08 Å². The van der Waals surface area contributed by atoms with Gasteiger partial charge in [-0.25, -0.2) is 0 Å². The molecular formula is C34H44O2Si. The van der Waals surface area contributed by atoms with Crippen molar-refractivity contribution in [3.05, 3.63) is 102 Å². The number of aldehydes is 1. The molecule has 2 nitrogen and oxygen atoms in total. The maximum absolute atomic E-state index is 11.3. The van der Waals surface area contributed by atoms with Gasteiger partial charge in [-0.15, -0.1) is 0 Å². The lowest BCUT2D eigenvalue weighted by Crippen LogP contribution is -2.67. The zero-order valence-corrected chi connectivity index (χ0v) is 24.2. The summed E-state index contributed by atoms with van der Waals surface area (Å²) in [7, 11) is -2.66. The third-order valence-electron chi connectivity index (χ3n) is 7.14. The molecule has 0 saturated carbocycles. The number of benzene rings is 3. The van der Waals surface area contributed by atoms with Crippen molar-refractivity contribution in [2.45, 2.75) is 83.8 Å². The molecule has 0 fully saturated rings. The Bertz CT molecular complexity index is 1060. The molecule has 0 radical (unpaired) electrons. The van der Waals surface area contributed by atoms with Gasteiger partial charge in [-0.1, -0.05) is 157 Å². The lowest BCUT2D eigenvalue weighted by atomic mass is 10.1. The first-order valence-electron chi connectivity index (χ1n) is 13.9. The van der Waals surface area contributed by atoms with E-state index in [1.165, 1.54) is 42.5 Å². The predicted molar refractivity (Wildman–Crippen MR) is 161 cm³/mol. The van der Waals surface area contributed by atoms with E-state index >= 15 is 0 Å². The molecule has 0 amide bonds. The first-order valence-corrected chi connectivity index (χ1v) is 15.8. The Labute approximate surface area is 225 Å². The number of carbonyl (C=O) groups excluding carboxylic acids is 1. The van der Waals surface area contributed by atoms with Crippen molar-refractivity contribution in [1.29, 1.82) is 0 Å². The molecule has 3 aromatic carbocycles. The van der Waals surface area contributed by atoms with E-state index < -0.39 is 8.32 Å². The van der Waals surface area contributed by atoms with Gasteiger partial charge in [0.05, 0.1) is 6.10 Å². The molecule has 3 rings (SSSR count). The number of hydrogen-bond acceptors (Lipinski definition) is 2. The summed E-state index contributed by atoms with van der Waals surface area (Å²) in [5, 5.41) is 2.54. The van der Waals surface area contributed by atoms with Crippen LogP contribution in [0, 0.1) is 0 Å². The van der Waals surface area contributed by atoms with Gasteiger partial charge in [0.15, 0.2) is 0 Å². The van der Waals surface area contributed by atoms with Crippen molar-refractivity contribution in [1.82, 2.24) is 0 Å². The first kappa shape index (κ1) is 28.8. The third kappa shape index (κ3) is 7.86. The average Bonchev–Trinajstić information content (AvgIpc) is 2.92. The van der Waals surface area contributed by atoms with E-state index in [9.17, 15) is 4.79 Å². The minimum Gasteiger partial charge on any atom is -0.401 e. The summed E-state index contributed by atoms with van der Waals surface area (Å²) in [6, 6.07) is 29.5. The van der Waals surface area contributed by atoms with Crippen molar-refractivity contribution in [3.8, 4) is 0 Å². The van der Waals surface area contributed by atoms with Crippen molar-refractivity contribution >= 4 is 31.1 Å². The summed E-state index contributed by atoms with van der Waals surface area (Å²) >= 11 is 0. The highest BCUT2D eigenvalue weighted by Gasteiger charge is 2.51. The highest BCUT2D eigenvalue weighted by atomic mass is 28.4. The van der Waals surface area contributed by atoms with Gasteiger partial charge in [-0.05, 0) is 33.5 Å². The minimum absolute atomic E-state index is 0.0163. The molecule has 0 N–H and O–H groups in total.